The smallest absolute Gasteiger partial charge is 0.423 e. The van der Waals surface area contributed by atoms with Gasteiger partial charge in [-0.2, -0.15) is 5.26 Å². The van der Waals surface area contributed by atoms with E-state index in [1.165, 1.54) is 0 Å². The molecule has 2 aromatic rings. The molecule has 8 heteroatoms. The molecular weight excluding hydrogens is 331 g/mol. The standard InChI is InChI=1S/C18H19BN4O3/c1-11-17(4-7-23(10-17)14(24)2-5-20)9-18(11)15-12-3-6-21-16(12)22-8-13(15)19(25)26-18/h3,6,8,11,25H,2,4,7,9-10H2,1H3,(H,21,22)/t11-,17?,18?/m0/s1. The third-order valence-electron chi connectivity index (χ3n) is 6.83. The van der Waals surface area contributed by atoms with Crippen molar-refractivity contribution in [1.82, 2.24) is 14.9 Å². The molecule has 2 unspecified atom stereocenters. The van der Waals surface area contributed by atoms with Crippen molar-refractivity contribution in [2.24, 2.45) is 11.3 Å². The summed E-state index contributed by atoms with van der Waals surface area (Å²) in [4.78, 5) is 21.4. The molecule has 132 valence electrons. The summed E-state index contributed by atoms with van der Waals surface area (Å²) < 4.78 is 6.12. The van der Waals surface area contributed by atoms with Crippen LogP contribution in [-0.2, 0) is 15.0 Å². The first-order valence-electron chi connectivity index (χ1n) is 8.98. The van der Waals surface area contributed by atoms with Crippen LogP contribution in [0.2, 0.25) is 0 Å². The van der Waals surface area contributed by atoms with Gasteiger partial charge in [-0.3, -0.25) is 4.79 Å². The van der Waals surface area contributed by atoms with E-state index in [0.717, 1.165) is 34.9 Å². The number of hydrogen-bond acceptors (Lipinski definition) is 5. The summed E-state index contributed by atoms with van der Waals surface area (Å²) in [5.74, 6) is 0.0637. The Hall–Kier alpha value is -2.37. The molecular formula is C18H19BN4O3. The number of aromatic amines is 1. The van der Waals surface area contributed by atoms with Crippen molar-refractivity contribution in [3.05, 3.63) is 24.0 Å². The highest BCUT2D eigenvalue weighted by atomic mass is 16.5. The van der Waals surface area contributed by atoms with Gasteiger partial charge in [-0.1, -0.05) is 6.92 Å². The van der Waals surface area contributed by atoms with Crippen LogP contribution in [0.25, 0.3) is 11.0 Å². The highest BCUT2D eigenvalue weighted by molar-refractivity contribution is 6.62. The number of hydrogen-bond donors (Lipinski definition) is 2. The summed E-state index contributed by atoms with van der Waals surface area (Å²) in [6.45, 7) is 3.50. The second-order valence-corrected chi connectivity index (χ2v) is 7.85. The Labute approximate surface area is 151 Å². The number of rotatable bonds is 1. The number of nitriles is 1. The molecule has 5 rings (SSSR count). The van der Waals surface area contributed by atoms with Crippen molar-refractivity contribution >= 4 is 29.5 Å². The predicted molar refractivity (Wildman–Crippen MR) is 94.1 cm³/mol. The summed E-state index contributed by atoms with van der Waals surface area (Å²) in [6.07, 6.45) is 5.16. The molecule has 0 aromatic carbocycles. The molecule has 7 nitrogen and oxygen atoms in total. The lowest BCUT2D eigenvalue weighted by molar-refractivity contribution is -0.173. The van der Waals surface area contributed by atoms with Crippen LogP contribution >= 0.6 is 0 Å². The van der Waals surface area contributed by atoms with E-state index in [0.29, 0.717) is 13.1 Å². The minimum Gasteiger partial charge on any atom is -0.423 e. The molecule has 1 amide bonds. The van der Waals surface area contributed by atoms with Crippen LogP contribution in [0.1, 0.15) is 31.7 Å². The van der Waals surface area contributed by atoms with Crippen LogP contribution in [0.3, 0.4) is 0 Å². The number of H-pyrrole nitrogens is 1. The van der Waals surface area contributed by atoms with E-state index in [9.17, 15) is 9.82 Å². The molecule has 2 aromatic heterocycles. The van der Waals surface area contributed by atoms with Gasteiger partial charge >= 0.3 is 7.12 Å². The van der Waals surface area contributed by atoms with Crippen molar-refractivity contribution < 1.29 is 14.5 Å². The Bertz CT molecular complexity index is 969. The molecule has 1 saturated carbocycles. The first-order chi connectivity index (χ1) is 12.5. The zero-order valence-electron chi connectivity index (χ0n) is 14.5. The topological polar surface area (TPSA) is 102 Å². The lowest BCUT2D eigenvalue weighted by Crippen LogP contribution is -2.59. The van der Waals surface area contributed by atoms with E-state index in [1.54, 1.807) is 11.1 Å². The highest BCUT2D eigenvalue weighted by Gasteiger charge is 2.68. The third-order valence-corrected chi connectivity index (χ3v) is 6.83. The monoisotopic (exact) mass is 350 g/mol. The number of fused-ring (bicyclic) bond motifs is 4. The fraction of sp³-hybridized carbons (Fsp3) is 0.500. The predicted octanol–water partition coefficient (Wildman–Crippen LogP) is 0.648. The Kier molecular flexibility index (Phi) is 3.10. The number of nitrogens with zero attached hydrogens (tertiary/aromatic N) is 3. The summed E-state index contributed by atoms with van der Waals surface area (Å²) in [6, 6.07) is 3.93. The maximum atomic E-state index is 12.1. The molecule has 2 N–H and O–H groups in total. The number of carbonyl (C=O) groups excluding carboxylic acids is 1. The number of likely N-dealkylation sites (tertiary alicyclic amines) is 1. The van der Waals surface area contributed by atoms with E-state index in [-0.39, 0.29) is 23.7 Å². The molecule has 1 aliphatic carbocycles. The molecule has 4 heterocycles. The zero-order valence-corrected chi connectivity index (χ0v) is 14.5. The quantitative estimate of drug-likeness (QED) is 0.735. The van der Waals surface area contributed by atoms with Gasteiger partial charge in [0, 0.05) is 36.3 Å². The molecule has 3 atom stereocenters. The first kappa shape index (κ1) is 15.9. The molecule has 0 radical (unpaired) electrons. The van der Waals surface area contributed by atoms with Gasteiger partial charge in [0.2, 0.25) is 5.91 Å². The molecule has 2 fully saturated rings. The average Bonchev–Trinajstić information content (AvgIpc) is 3.33. The molecule has 3 aliphatic rings. The van der Waals surface area contributed by atoms with Gasteiger partial charge < -0.3 is 19.6 Å². The SMILES string of the molecule is C[C@H]1C2(CCN(C(=O)CC#N)C2)CC12OB(O)c1cnc3[nH]ccc3c12. The number of aromatic nitrogens is 2. The van der Waals surface area contributed by atoms with E-state index >= 15 is 0 Å². The van der Waals surface area contributed by atoms with Gasteiger partial charge in [-0.05, 0) is 35.8 Å². The van der Waals surface area contributed by atoms with E-state index < -0.39 is 12.7 Å². The molecule has 0 bridgehead atoms. The molecule has 2 aliphatic heterocycles. The Morgan fingerprint density at radius 3 is 3.27 bits per heavy atom. The van der Waals surface area contributed by atoms with Crippen LogP contribution < -0.4 is 5.46 Å². The summed E-state index contributed by atoms with van der Waals surface area (Å²) >= 11 is 0. The summed E-state index contributed by atoms with van der Waals surface area (Å²) in [5.41, 5.74) is 2.03. The largest absolute Gasteiger partial charge is 0.493 e. The minimum atomic E-state index is -0.964. The molecule has 2 spiro atoms. The first-order valence-corrected chi connectivity index (χ1v) is 8.98. The second kappa shape index (κ2) is 5.09. The van der Waals surface area contributed by atoms with Crippen LogP contribution in [0, 0.1) is 22.7 Å². The number of nitrogens with one attached hydrogen (secondary N) is 1. The van der Waals surface area contributed by atoms with Gasteiger partial charge in [0.05, 0.1) is 11.7 Å². The Morgan fingerprint density at radius 1 is 1.65 bits per heavy atom. The average molecular weight is 350 g/mol. The number of pyridine rings is 1. The van der Waals surface area contributed by atoms with E-state index in [1.807, 2.05) is 18.3 Å². The van der Waals surface area contributed by atoms with Gasteiger partial charge in [0.15, 0.2) is 0 Å². The normalized spacial score (nSPS) is 32.3. The second-order valence-electron chi connectivity index (χ2n) is 7.85. The van der Waals surface area contributed by atoms with Gasteiger partial charge in [0.25, 0.3) is 0 Å². The summed E-state index contributed by atoms with van der Waals surface area (Å²) in [7, 11) is -0.964. The van der Waals surface area contributed by atoms with Gasteiger partial charge in [-0.15, -0.1) is 0 Å². The third kappa shape index (κ3) is 1.80. The summed E-state index contributed by atoms with van der Waals surface area (Å²) in [5, 5.41) is 20.2. The van der Waals surface area contributed by atoms with Crippen molar-refractivity contribution in [3.8, 4) is 6.07 Å². The van der Waals surface area contributed by atoms with Crippen LogP contribution in [0.5, 0.6) is 0 Å². The molecule has 1 saturated heterocycles. The van der Waals surface area contributed by atoms with Crippen molar-refractivity contribution in [2.75, 3.05) is 13.1 Å². The van der Waals surface area contributed by atoms with Gasteiger partial charge in [-0.25, -0.2) is 4.98 Å². The van der Waals surface area contributed by atoms with Crippen molar-refractivity contribution in [2.45, 2.75) is 31.8 Å². The lowest BCUT2D eigenvalue weighted by atomic mass is 9.49. The Morgan fingerprint density at radius 2 is 2.50 bits per heavy atom. The number of carbonyl (C=O) groups is 1. The molecule has 26 heavy (non-hydrogen) atoms. The van der Waals surface area contributed by atoms with Crippen molar-refractivity contribution in [3.63, 3.8) is 0 Å². The Balaban J connectivity index is 1.50. The van der Waals surface area contributed by atoms with Crippen LogP contribution in [0.4, 0.5) is 0 Å². The van der Waals surface area contributed by atoms with Gasteiger partial charge in [0.1, 0.15) is 12.1 Å². The maximum absolute atomic E-state index is 12.1. The fourth-order valence-electron chi connectivity index (χ4n) is 5.43. The van der Waals surface area contributed by atoms with E-state index in [2.05, 4.69) is 16.9 Å². The van der Waals surface area contributed by atoms with Crippen LogP contribution in [-0.4, -0.2) is 46.0 Å². The maximum Gasteiger partial charge on any atom is 0.493 e. The van der Waals surface area contributed by atoms with Crippen molar-refractivity contribution in [1.29, 1.82) is 5.26 Å². The highest BCUT2D eigenvalue weighted by Crippen LogP contribution is 2.66. The zero-order chi connectivity index (χ0) is 18.1. The minimum absolute atomic E-state index is 0.0155. The van der Waals surface area contributed by atoms with Crippen LogP contribution in [0.15, 0.2) is 18.5 Å². The number of amides is 1. The fourth-order valence-corrected chi connectivity index (χ4v) is 5.43. The van der Waals surface area contributed by atoms with E-state index in [4.69, 9.17) is 9.92 Å². The lowest BCUT2D eigenvalue weighted by Gasteiger charge is -2.59.